The van der Waals surface area contributed by atoms with Gasteiger partial charge in [0.1, 0.15) is 11.7 Å². The number of rotatable bonds is 7. The lowest BCUT2D eigenvalue weighted by molar-refractivity contribution is 0.122. The molecule has 1 aliphatic rings. The molecular formula is C18H23ClF2N4O. The topological polar surface area (TPSA) is 63.0 Å². The van der Waals surface area contributed by atoms with Crippen LogP contribution in [0.2, 0.25) is 5.15 Å². The molecular weight excluding hydrogens is 362 g/mol. The lowest BCUT2D eigenvalue weighted by Crippen LogP contribution is -2.26. The lowest BCUT2D eigenvalue weighted by Gasteiger charge is -2.30. The van der Waals surface area contributed by atoms with Crippen LogP contribution < -0.4 is 5.32 Å². The van der Waals surface area contributed by atoms with Crippen LogP contribution in [0.1, 0.15) is 32.1 Å². The van der Waals surface area contributed by atoms with Crippen molar-refractivity contribution in [2.75, 3.05) is 11.9 Å². The van der Waals surface area contributed by atoms with Gasteiger partial charge in [-0.1, -0.05) is 11.6 Å². The number of aliphatic hydroxyl groups excluding tert-OH is 1. The molecule has 2 N–H and O–H groups in total. The minimum Gasteiger partial charge on any atom is -0.396 e. The first-order valence-electron chi connectivity index (χ1n) is 8.90. The first-order valence-corrected chi connectivity index (χ1v) is 9.28. The molecule has 2 heterocycles. The van der Waals surface area contributed by atoms with E-state index in [0.29, 0.717) is 22.8 Å². The highest BCUT2D eigenvalue weighted by atomic mass is 35.5. The predicted octanol–water partition coefficient (Wildman–Crippen LogP) is 4.22. The average molecular weight is 385 g/mol. The van der Waals surface area contributed by atoms with Gasteiger partial charge in [-0.2, -0.15) is 5.10 Å². The van der Waals surface area contributed by atoms with E-state index < -0.39 is 13.0 Å². The smallest absolute Gasteiger partial charge is 0.257 e. The fraction of sp³-hybridized carbons (Fsp3) is 0.556. The lowest BCUT2D eigenvalue weighted by atomic mass is 9.84. The summed E-state index contributed by atoms with van der Waals surface area (Å²) in [6.45, 7) is -0.188. The van der Waals surface area contributed by atoms with E-state index in [0.717, 1.165) is 43.4 Å². The number of aromatic nitrogens is 3. The quantitative estimate of drug-likeness (QED) is 0.702. The third-order valence-corrected chi connectivity index (χ3v) is 5.06. The Morgan fingerprint density at radius 1 is 1.31 bits per heavy atom. The summed E-state index contributed by atoms with van der Waals surface area (Å²) in [7, 11) is 0. The Kier molecular flexibility index (Phi) is 6.43. The summed E-state index contributed by atoms with van der Waals surface area (Å²) in [6.07, 6.45) is 5.77. The van der Waals surface area contributed by atoms with Crippen LogP contribution in [0, 0.1) is 5.92 Å². The second-order valence-corrected chi connectivity index (χ2v) is 7.13. The van der Waals surface area contributed by atoms with E-state index in [1.54, 1.807) is 24.5 Å². The summed E-state index contributed by atoms with van der Waals surface area (Å²) < 4.78 is 26.3. The number of hydrogen-bond donors (Lipinski definition) is 2. The number of aliphatic hydroxyl groups is 1. The minimum atomic E-state index is -2.45. The zero-order valence-electron chi connectivity index (χ0n) is 14.4. The van der Waals surface area contributed by atoms with Crippen molar-refractivity contribution in [2.45, 2.75) is 51.1 Å². The second-order valence-electron chi connectivity index (χ2n) is 6.74. The minimum absolute atomic E-state index is 0.244. The van der Waals surface area contributed by atoms with Crippen molar-refractivity contribution in [1.82, 2.24) is 14.8 Å². The number of hydrogen-bond acceptors (Lipinski definition) is 4. The highest BCUT2D eigenvalue weighted by Crippen LogP contribution is 2.33. The van der Waals surface area contributed by atoms with Crippen molar-refractivity contribution in [3.63, 3.8) is 0 Å². The Morgan fingerprint density at radius 3 is 2.77 bits per heavy atom. The van der Waals surface area contributed by atoms with E-state index in [2.05, 4.69) is 15.4 Å². The van der Waals surface area contributed by atoms with Crippen molar-refractivity contribution < 1.29 is 13.9 Å². The van der Waals surface area contributed by atoms with Crippen LogP contribution in [0.5, 0.6) is 0 Å². The molecule has 2 aromatic rings. The molecule has 0 aromatic carbocycles. The number of halogens is 3. The molecule has 5 nitrogen and oxygen atoms in total. The summed E-state index contributed by atoms with van der Waals surface area (Å²) in [5.74, 6) is 0.587. The Balaban J connectivity index is 1.73. The van der Waals surface area contributed by atoms with E-state index in [-0.39, 0.29) is 6.61 Å². The van der Waals surface area contributed by atoms with Crippen molar-refractivity contribution in [2.24, 2.45) is 5.92 Å². The summed E-state index contributed by atoms with van der Waals surface area (Å²) in [4.78, 5) is 4.12. The Labute approximate surface area is 156 Å². The molecule has 3 rings (SSSR count). The van der Waals surface area contributed by atoms with Gasteiger partial charge in [0.25, 0.3) is 6.43 Å². The zero-order valence-corrected chi connectivity index (χ0v) is 15.2. The number of alkyl halides is 2. The van der Waals surface area contributed by atoms with Gasteiger partial charge in [-0.15, -0.1) is 0 Å². The van der Waals surface area contributed by atoms with E-state index in [9.17, 15) is 8.78 Å². The molecule has 1 fully saturated rings. The predicted molar refractivity (Wildman–Crippen MR) is 97.5 cm³/mol. The molecule has 142 valence electrons. The third-order valence-electron chi connectivity index (χ3n) is 4.86. The standard InChI is InChI=1S/C18H23ClF2N4O/c19-17-9-16(23-13-3-1-12(2-4-13)6-8-26)14(10-22-17)15-5-7-25(24-15)11-18(20)21/h5,7,9-10,12-13,18,26H,1-4,6,8,11H2,(H,22,23). The van der Waals surface area contributed by atoms with Crippen LogP contribution in [0.25, 0.3) is 11.3 Å². The molecule has 0 aliphatic heterocycles. The van der Waals surface area contributed by atoms with Gasteiger partial charge in [0, 0.05) is 36.3 Å². The Morgan fingerprint density at radius 2 is 2.08 bits per heavy atom. The average Bonchev–Trinajstić information content (AvgIpc) is 3.04. The molecule has 1 saturated carbocycles. The molecule has 1 aliphatic carbocycles. The van der Waals surface area contributed by atoms with Crippen molar-refractivity contribution in [3.05, 3.63) is 29.7 Å². The molecule has 26 heavy (non-hydrogen) atoms. The maximum absolute atomic E-state index is 12.5. The van der Waals surface area contributed by atoms with E-state index >= 15 is 0 Å². The van der Waals surface area contributed by atoms with Crippen molar-refractivity contribution in [1.29, 1.82) is 0 Å². The van der Waals surface area contributed by atoms with Gasteiger partial charge in [0.05, 0.1) is 5.69 Å². The molecule has 0 radical (unpaired) electrons. The van der Waals surface area contributed by atoms with Gasteiger partial charge in [0.2, 0.25) is 0 Å². The summed E-state index contributed by atoms with van der Waals surface area (Å²) in [5.41, 5.74) is 2.16. The van der Waals surface area contributed by atoms with Crippen LogP contribution in [0.3, 0.4) is 0 Å². The Bertz CT molecular complexity index is 717. The van der Waals surface area contributed by atoms with Crippen molar-refractivity contribution >= 4 is 17.3 Å². The molecule has 0 spiro atoms. The molecule has 2 aromatic heterocycles. The number of nitrogens with one attached hydrogen (secondary N) is 1. The van der Waals surface area contributed by atoms with Crippen LogP contribution in [-0.2, 0) is 6.54 Å². The largest absolute Gasteiger partial charge is 0.396 e. The van der Waals surface area contributed by atoms with Gasteiger partial charge >= 0.3 is 0 Å². The van der Waals surface area contributed by atoms with Gasteiger partial charge in [-0.3, -0.25) is 4.68 Å². The first kappa shape index (κ1) is 19.0. The fourth-order valence-electron chi connectivity index (χ4n) is 3.50. The highest BCUT2D eigenvalue weighted by molar-refractivity contribution is 6.29. The van der Waals surface area contributed by atoms with Crippen LogP contribution in [0.15, 0.2) is 24.5 Å². The van der Waals surface area contributed by atoms with Crippen LogP contribution >= 0.6 is 11.6 Å². The number of nitrogens with zero attached hydrogens (tertiary/aromatic N) is 3. The monoisotopic (exact) mass is 384 g/mol. The SMILES string of the molecule is OCCC1CCC(Nc2cc(Cl)ncc2-c2ccn(CC(F)F)n2)CC1. The molecule has 0 unspecified atom stereocenters. The molecule has 0 amide bonds. The van der Waals surface area contributed by atoms with Gasteiger partial charge in [-0.05, 0) is 50.2 Å². The van der Waals surface area contributed by atoms with E-state index in [1.807, 2.05) is 0 Å². The number of pyridine rings is 1. The van der Waals surface area contributed by atoms with Gasteiger partial charge < -0.3 is 10.4 Å². The highest BCUT2D eigenvalue weighted by Gasteiger charge is 2.22. The maximum Gasteiger partial charge on any atom is 0.257 e. The molecule has 0 bridgehead atoms. The van der Waals surface area contributed by atoms with E-state index in [4.69, 9.17) is 16.7 Å². The maximum atomic E-state index is 12.5. The molecule has 8 heteroatoms. The van der Waals surface area contributed by atoms with Crippen LogP contribution in [-0.4, -0.2) is 38.9 Å². The van der Waals surface area contributed by atoms with Crippen molar-refractivity contribution in [3.8, 4) is 11.3 Å². The number of anilines is 1. The fourth-order valence-corrected chi connectivity index (χ4v) is 3.66. The third kappa shape index (κ3) is 4.92. The van der Waals surface area contributed by atoms with E-state index in [1.165, 1.54) is 4.68 Å². The second kappa shape index (κ2) is 8.77. The van der Waals surface area contributed by atoms with Gasteiger partial charge in [0.15, 0.2) is 0 Å². The van der Waals surface area contributed by atoms with Crippen LogP contribution in [0.4, 0.5) is 14.5 Å². The zero-order chi connectivity index (χ0) is 18.5. The van der Waals surface area contributed by atoms with Gasteiger partial charge in [-0.25, -0.2) is 13.8 Å². The molecule has 0 saturated heterocycles. The summed E-state index contributed by atoms with van der Waals surface area (Å²) >= 11 is 6.06. The first-order chi connectivity index (χ1) is 12.5. The summed E-state index contributed by atoms with van der Waals surface area (Å²) in [6, 6.07) is 3.77. The Hall–Kier alpha value is -1.73. The summed E-state index contributed by atoms with van der Waals surface area (Å²) in [5, 5.41) is 17.2. The normalized spacial score (nSPS) is 20.5. The molecule has 0 atom stereocenters.